The van der Waals surface area contributed by atoms with Gasteiger partial charge < -0.3 is 4.57 Å². The van der Waals surface area contributed by atoms with E-state index in [0.717, 1.165) is 39.6 Å². The lowest BCUT2D eigenvalue weighted by Gasteiger charge is -2.30. The lowest BCUT2D eigenvalue weighted by Crippen LogP contribution is -2.27. The van der Waals surface area contributed by atoms with Crippen molar-refractivity contribution in [2.75, 3.05) is 0 Å². The average molecular weight is 302 g/mol. The second-order valence-corrected chi connectivity index (χ2v) is 7.29. The van der Waals surface area contributed by atoms with Crippen LogP contribution >= 0.6 is 11.6 Å². The van der Waals surface area contributed by atoms with Crippen LogP contribution in [0.1, 0.15) is 47.6 Å². The van der Waals surface area contributed by atoms with E-state index in [1.807, 2.05) is 24.3 Å². The second kappa shape index (κ2) is 4.74. The zero-order valence-electron chi connectivity index (χ0n) is 13.0. The third-order valence-electron chi connectivity index (χ3n) is 4.28. The first-order valence-electron chi connectivity index (χ1n) is 7.29. The molecule has 0 unspecified atom stereocenters. The molecule has 21 heavy (non-hydrogen) atoms. The van der Waals surface area contributed by atoms with E-state index in [2.05, 4.69) is 32.3 Å². The van der Waals surface area contributed by atoms with E-state index in [1.165, 1.54) is 0 Å². The number of hydrogen-bond acceptors (Lipinski definition) is 1. The van der Waals surface area contributed by atoms with Crippen LogP contribution in [0, 0.1) is 19.3 Å². The maximum Gasteiger partial charge on any atom is 0.165 e. The van der Waals surface area contributed by atoms with Crippen LogP contribution < -0.4 is 0 Å². The minimum Gasteiger partial charge on any atom is -0.317 e. The predicted molar refractivity (Wildman–Crippen MR) is 86.7 cm³/mol. The van der Waals surface area contributed by atoms with Crippen molar-refractivity contribution >= 4 is 17.4 Å². The molecule has 1 heterocycles. The summed E-state index contributed by atoms with van der Waals surface area (Å²) < 4.78 is 2.20. The van der Waals surface area contributed by atoms with Crippen LogP contribution in [0.5, 0.6) is 0 Å². The van der Waals surface area contributed by atoms with Gasteiger partial charge in [0.15, 0.2) is 5.78 Å². The van der Waals surface area contributed by atoms with Crippen molar-refractivity contribution in [3.05, 3.63) is 51.8 Å². The van der Waals surface area contributed by atoms with Gasteiger partial charge in [0.1, 0.15) is 0 Å². The molecule has 1 aliphatic carbocycles. The topological polar surface area (TPSA) is 22.0 Å². The minimum absolute atomic E-state index is 0.0130. The first kappa shape index (κ1) is 14.4. The van der Waals surface area contributed by atoms with Crippen molar-refractivity contribution in [1.29, 1.82) is 0 Å². The van der Waals surface area contributed by atoms with Gasteiger partial charge in [0.05, 0.1) is 0 Å². The maximum atomic E-state index is 12.4. The molecule has 1 aliphatic rings. The van der Waals surface area contributed by atoms with Crippen molar-refractivity contribution in [2.45, 2.75) is 40.5 Å². The number of carbonyl (C=O) groups is 1. The fourth-order valence-corrected chi connectivity index (χ4v) is 3.48. The standard InChI is InChI=1S/C18H20ClNO/c1-11-5-6-13(19)8-15(11)20-12(2)7-14-16(20)9-18(3,4)10-17(14)21/h5-8H,9-10H2,1-4H3. The molecule has 3 heteroatoms. The zero-order valence-corrected chi connectivity index (χ0v) is 13.7. The Balaban J connectivity index is 2.26. The van der Waals surface area contributed by atoms with Crippen LogP contribution in [0.15, 0.2) is 24.3 Å². The molecule has 110 valence electrons. The smallest absolute Gasteiger partial charge is 0.165 e. The largest absolute Gasteiger partial charge is 0.317 e. The van der Waals surface area contributed by atoms with Gasteiger partial charge in [-0.15, -0.1) is 0 Å². The van der Waals surface area contributed by atoms with E-state index in [-0.39, 0.29) is 11.2 Å². The monoisotopic (exact) mass is 301 g/mol. The van der Waals surface area contributed by atoms with E-state index in [9.17, 15) is 4.79 Å². The lowest BCUT2D eigenvalue weighted by atomic mass is 9.76. The number of carbonyl (C=O) groups excluding carboxylic acids is 1. The number of rotatable bonds is 1. The maximum absolute atomic E-state index is 12.4. The van der Waals surface area contributed by atoms with E-state index in [1.54, 1.807) is 0 Å². The molecule has 0 spiro atoms. The predicted octanol–water partition coefficient (Wildman–Crippen LogP) is 4.90. The fraction of sp³-hybridized carbons (Fsp3) is 0.389. The lowest BCUT2D eigenvalue weighted by molar-refractivity contribution is 0.0911. The quantitative estimate of drug-likeness (QED) is 0.734. The molecule has 2 nitrogen and oxygen atoms in total. The van der Waals surface area contributed by atoms with Crippen LogP contribution in [-0.2, 0) is 6.42 Å². The molecule has 0 atom stereocenters. The normalized spacial score (nSPS) is 16.9. The SMILES string of the molecule is Cc1ccc(Cl)cc1-n1c(C)cc2c1CC(C)(C)CC2=O. The third-order valence-corrected chi connectivity index (χ3v) is 4.52. The summed E-state index contributed by atoms with van der Waals surface area (Å²) in [4.78, 5) is 12.4. The Bertz CT molecular complexity index is 740. The molecule has 0 saturated carbocycles. The molecule has 0 bridgehead atoms. The molecular formula is C18H20ClNO. The number of hydrogen-bond donors (Lipinski definition) is 0. The summed E-state index contributed by atoms with van der Waals surface area (Å²) >= 11 is 6.17. The molecule has 0 saturated heterocycles. The van der Waals surface area contributed by atoms with Gasteiger partial charge in [-0.25, -0.2) is 0 Å². The molecule has 2 aromatic rings. The van der Waals surface area contributed by atoms with Crippen LogP contribution in [0.2, 0.25) is 5.02 Å². The van der Waals surface area contributed by atoms with E-state index in [4.69, 9.17) is 11.6 Å². The summed E-state index contributed by atoms with van der Waals surface area (Å²) in [6.07, 6.45) is 1.53. The Hall–Kier alpha value is -1.54. The molecule has 1 aromatic heterocycles. The van der Waals surface area contributed by atoms with E-state index >= 15 is 0 Å². The Labute approximate surface area is 130 Å². The number of Topliss-reactive ketones (excluding diaryl/α,β-unsaturated/α-hetero) is 1. The summed E-state index contributed by atoms with van der Waals surface area (Å²) in [6, 6.07) is 7.93. The van der Waals surface area contributed by atoms with Crippen molar-refractivity contribution in [2.24, 2.45) is 5.41 Å². The van der Waals surface area contributed by atoms with Gasteiger partial charge in [0, 0.05) is 34.1 Å². The van der Waals surface area contributed by atoms with Crippen molar-refractivity contribution in [3.63, 3.8) is 0 Å². The highest BCUT2D eigenvalue weighted by molar-refractivity contribution is 6.30. The summed E-state index contributed by atoms with van der Waals surface area (Å²) in [5.74, 6) is 0.253. The van der Waals surface area contributed by atoms with Gasteiger partial charge in [-0.2, -0.15) is 0 Å². The van der Waals surface area contributed by atoms with E-state index < -0.39 is 0 Å². The summed E-state index contributed by atoms with van der Waals surface area (Å²) in [7, 11) is 0. The third kappa shape index (κ3) is 2.42. The highest BCUT2D eigenvalue weighted by atomic mass is 35.5. The van der Waals surface area contributed by atoms with Crippen LogP contribution in [0.4, 0.5) is 0 Å². The van der Waals surface area contributed by atoms with Crippen LogP contribution in [0.25, 0.3) is 5.69 Å². The molecule has 0 amide bonds. The first-order valence-corrected chi connectivity index (χ1v) is 7.67. The zero-order chi connectivity index (χ0) is 15.4. The molecular weight excluding hydrogens is 282 g/mol. The van der Waals surface area contributed by atoms with Crippen molar-refractivity contribution in [3.8, 4) is 5.69 Å². The number of aryl methyl sites for hydroxylation is 2. The van der Waals surface area contributed by atoms with Crippen molar-refractivity contribution < 1.29 is 4.79 Å². The molecule has 0 aliphatic heterocycles. The summed E-state index contributed by atoms with van der Waals surface area (Å²) in [5.41, 5.74) is 5.35. The van der Waals surface area contributed by atoms with Crippen LogP contribution in [0.3, 0.4) is 0 Å². The molecule has 0 fully saturated rings. The Morgan fingerprint density at radius 1 is 1.14 bits per heavy atom. The number of ketones is 1. The molecule has 0 N–H and O–H groups in total. The van der Waals surface area contributed by atoms with Gasteiger partial charge in [-0.3, -0.25) is 4.79 Å². The number of aromatic nitrogens is 1. The van der Waals surface area contributed by atoms with Gasteiger partial charge in [0.2, 0.25) is 0 Å². The number of halogens is 1. The van der Waals surface area contributed by atoms with Gasteiger partial charge in [0.25, 0.3) is 0 Å². The fourth-order valence-electron chi connectivity index (χ4n) is 3.31. The Morgan fingerprint density at radius 3 is 2.57 bits per heavy atom. The Kier molecular flexibility index (Phi) is 3.25. The Morgan fingerprint density at radius 2 is 1.86 bits per heavy atom. The second-order valence-electron chi connectivity index (χ2n) is 6.85. The number of benzene rings is 1. The highest BCUT2D eigenvalue weighted by Crippen LogP contribution is 2.38. The minimum atomic E-state index is 0.0130. The van der Waals surface area contributed by atoms with Gasteiger partial charge >= 0.3 is 0 Å². The highest BCUT2D eigenvalue weighted by Gasteiger charge is 2.34. The summed E-state index contributed by atoms with van der Waals surface area (Å²) in [5, 5.41) is 0.721. The molecule has 1 aromatic carbocycles. The van der Waals surface area contributed by atoms with Crippen LogP contribution in [-0.4, -0.2) is 10.4 Å². The summed E-state index contributed by atoms with van der Waals surface area (Å²) in [6.45, 7) is 8.45. The van der Waals surface area contributed by atoms with Gasteiger partial charge in [-0.1, -0.05) is 31.5 Å². The molecule has 3 rings (SSSR count). The number of fused-ring (bicyclic) bond motifs is 1. The van der Waals surface area contributed by atoms with Gasteiger partial charge in [-0.05, 0) is 49.4 Å². The average Bonchev–Trinajstić information content (AvgIpc) is 2.68. The number of nitrogens with zero attached hydrogens (tertiary/aromatic N) is 1. The molecule has 0 radical (unpaired) electrons. The first-order chi connectivity index (χ1) is 9.78. The van der Waals surface area contributed by atoms with Crippen molar-refractivity contribution in [1.82, 2.24) is 4.57 Å². The van der Waals surface area contributed by atoms with E-state index in [0.29, 0.717) is 6.42 Å².